The van der Waals surface area contributed by atoms with Gasteiger partial charge in [0.05, 0.1) is 0 Å². The van der Waals surface area contributed by atoms with Gasteiger partial charge in [-0.2, -0.15) is 0 Å². The lowest BCUT2D eigenvalue weighted by Gasteiger charge is -2.26. The Morgan fingerprint density at radius 2 is 2.00 bits per heavy atom. The summed E-state index contributed by atoms with van der Waals surface area (Å²) >= 11 is 5.63. The molecule has 0 aliphatic heterocycles. The van der Waals surface area contributed by atoms with Gasteiger partial charge >= 0.3 is 0 Å². The highest BCUT2D eigenvalue weighted by molar-refractivity contribution is 6.19. The van der Waals surface area contributed by atoms with Crippen LogP contribution in [0.4, 0.5) is 0 Å². The maximum atomic E-state index is 11.6. The van der Waals surface area contributed by atoms with Crippen LogP contribution in [0.5, 0.6) is 0 Å². The van der Waals surface area contributed by atoms with Crippen molar-refractivity contribution < 1.29 is 4.79 Å². The van der Waals surface area contributed by atoms with Crippen molar-refractivity contribution >= 4 is 17.5 Å². The van der Waals surface area contributed by atoms with E-state index in [9.17, 15) is 4.79 Å². The van der Waals surface area contributed by atoms with Gasteiger partial charge in [-0.1, -0.05) is 20.3 Å². The molecular weight excluding hydrogens is 186 g/mol. The van der Waals surface area contributed by atoms with Crippen molar-refractivity contribution in [3.8, 4) is 0 Å². The third-order valence-electron chi connectivity index (χ3n) is 2.37. The van der Waals surface area contributed by atoms with E-state index in [-0.39, 0.29) is 11.8 Å². The fourth-order valence-corrected chi connectivity index (χ4v) is 1.37. The molecule has 0 saturated carbocycles. The van der Waals surface area contributed by atoms with E-state index in [1.54, 1.807) is 4.90 Å². The first-order chi connectivity index (χ1) is 6.04. The van der Waals surface area contributed by atoms with Gasteiger partial charge in [0.25, 0.3) is 0 Å². The van der Waals surface area contributed by atoms with Crippen molar-refractivity contribution in [3.63, 3.8) is 0 Å². The monoisotopic (exact) mass is 205 g/mol. The zero-order valence-corrected chi connectivity index (χ0v) is 9.77. The molecule has 0 radical (unpaired) electrons. The molecule has 0 N–H and O–H groups in total. The first-order valence-corrected chi connectivity index (χ1v) is 5.40. The van der Waals surface area contributed by atoms with Crippen LogP contribution in [0.25, 0.3) is 0 Å². The Kier molecular flexibility index (Phi) is 6.13. The molecule has 2 atom stereocenters. The molecule has 0 bridgehead atoms. The number of carbonyl (C=O) groups is 1. The lowest BCUT2D eigenvalue weighted by Crippen LogP contribution is -2.38. The molecule has 0 aliphatic carbocycles. The van der Waals surface area contributed by atoms with Gasteiger partial charge in [0, 0.05) is 24.9 Å². The van der Waals surface area contributed by atoms with E-state index < -0.39 is 0 Å². The van der Waals surface area contributed by atoms with Gasteiger partial charge in [0.15, 0.2) is 0 Å². The number of alkyl halides is 1. The Balaban J connectivity index is 4.08. The minimum Gasteiger partial charge on any atom is -0.343 e. The topological polar surface area (TPSA) is 20.3 Å². The molecule has 2 unspecified atom stereocenters. The van der Waals surface area contributed by atoms with E-state index in [0.29, 0.717) is 11.9 Å². The Morgan fingerprint density at radius 1 is 1.46 bits per heavy atom. The van der Waals surface area contributed by atoms with Crippen molar-refractivity contribution in [1.82, 2.24) is 4.90 Å². The average molecular weight is 206 g/mol. The quantitative estimate of drug-likeness (QED) is 0.632. The molecule has 3 heteroatoms. The standard InChI is InChI=1S/C10H20ClNO/c1-5-6-9(3)12(4)10(13)8(2)7-11/h8-9H,5-7H2,1-4H3. The Hall–Kier alpha value is -0.240. The van der Waals surface area contributed by atoms with Crippen molar-refractivity contribution in [1.29, 1.82) is 0 Å². The molecule has 2 nitrogen and oxygen atoms in total. The predicted octanol–water partition coefficient (Wildman–Crippen LogP) is 2.51. The van der Waals surface area contributed by atoms with E-state index in [1.807, 2.05) is 14.0 Å². The number of hydrogen-bond acceptors (Lipinski definition) is 1. The summed E-state index contributed by atoms with van der Waals surface area (Å²) in [4.78, 5) is 13.4. The van der Waals surface area contributed by atoms with Crippen LogP contribution < -0.4 is 0 Å². The number of rotatable bonds is 5. The molecule has 0 aliphatic rings. The van der Waals surface area contributed by atoms with Gasteiger partial charge in [-0.05, 0) is 13.3 Å². The second-order valence-corrected chi connectivity index (χ2v) is 3.95. The molecule has 0 fully saturated rings. The third-order valence-corrected chi connectivity index (χ3v) is 2.83. The van der Waals surface area contributed by atoms with Crippen LogP contribution in [0.2, 0.25) is 0 Å². The largest absolute Gasteiger partial charge is 0.343 e. The van der Waals surface area contributed by atoms with Gasteiger partial charge in [-0.25, -0.2) is 0 Å². The predicted molar refractivity (Wildman–Crippen MR) is 57.0 cm³/mol. The normalized spacial score (nSPS) is 15.2. The number of halogens is 1. The second-order valence-electron chi connectivity index (χ2n) is 3.64. The van der Waals surface area contributed by atoms with Crippen molar-refractivity contribution in [2.24, 2.45) is 5.92 Å². The van der Waals surface area contributed by atoms with Crippen molar-refractivity contribution in [2.75, 3.05) is 12.9 Å². The Bertz CT molecular complexity index is 161. The molecule has 0 rings (SSSR count). The Labute approximate surface area is 86.2 Å². The van der Waals surface area contributed by atoms with Gasteiger partial charge in [0.2, 0.25) is 5.91 Å². The summed E-state index contributed by atoms with van der Waals surface area (Å²) in [6.07, 6.45) is 2.16. The molecule has 0 heterocycles. The maximum absolute atomic E-state index is 11.6. The molecule has 78 valence electrons. The van der Waals surface area contributed by atoms with Crippen molar-refractivity contribution in [2.45, 2.75) is 39.7 Å². The lowest BCUT2D eigenvalue weighted by atomic mass is 10.1. The number of carbonyl (C=O) groups excluding carboxylic acids is 1. The molecule has 13 heavy (non-hydrogen) atoms. The molecular formula is C10H20ClNO. The molecule has 0 aromatic carbocycles. The van der Waals surface area contributed by atoms with Crippen LogP contribution in [-0.4, -0.2) is 29.8 Å². The summed E-state index contributed by atoms with van der Waals surface area (Å²) in [6.45, 7) is 6.06. The summed E-state index contributed by atoms with van der Waals surface area (Å²) in [5.74, 6) is 0.490. The number of nitrogens with zero attached hydrogens (tertiary/aromatic N) is 1. The number of amides is 1. The first kappa shape index (κ1) is 12.8. The average Bonchev–Trinajstić information content (AvgIpc) is 2.14. The molecule has 0 aromatic heterocycles. The van der Waals surface area contributed by atoms with Gasteiger partial charge in [0.1, 0.15) is 0 Å². The Morgan fingerprint density at radius 3 is 2.38 bits per heavy atom. The van der Waals surface area contributed by atoms with Crippen LogP contribution in [0.1, 0.15) is 33.6 Å². The van der Waals surface area contributed by atoms with Crippen molar-refractivity contribution in [3.05, 3.63) is 0 Å². The zero-order valence-electron chi connectivity index (χ0n) is 9.01. The highest BCUT2D eigenvalue weighted by atomic mass is 35.5. The van der Waals surface area contributed by atoms with Gasteiger partial charge < -0.3 is 4.90 Å². The minimum atomic E-state index is -0.0639. The minimum absolute atomic E-state index is 0.0639. The van der Waals surface area contributed by atoms with E-state index in [0.717, 1.165) is 12.8 Å². The van der Waals surface area contributed by atoms with Gasteiger partial charge in [-0.15, -0.1) is 11.6 Å². The lowest BCUT2D eigenvalue weighted by molar-refractivity contribution is -0.134. The second kappa shape index (κ2) is 6.25. The van der Waals surface area contributed by atoms with E-state index in [4.69, 9.17) is 11.6 Å². The highest BCUT2D eigenvalue weighted by Crippen LogP contribution is 2.09. The van der Waals surface area contributed by atoms with Gasteiger partial charge in [-0.3, -0.25) is 4.79 Å². The van der Waals surface area contributed by atoms with E-state index >= 15 is 0 Å². The third kappa shape index (κ3) is 3.99. The summed E-state index contributed by atoms with van der Waals surface area (Å²) in [6, 6.07) is 0.322. The van der Waals surface area contributed by atoms with Crippen LogP contribution in [-0.2, 0) is 4.79 Å². The summed E-state index contributed by atoms with van der Waals surface area (Å²) in [5.41, 5.74) is 0. The fourth-order valence-electron chi connectivity index (χ4n) is 1.24. The molecule has 0 spiro atoms. The fraction of sp³-hybridized carbons (Fsp3) is 0.900. The summed E-state index contributed by atoms with van der Waals surface area (Å²) in [7, 11) is 1.85. The highest BCUT2D eigenvalue weighted by Gasteiger charge is 2.19. The number of hydrogen-bond donors (Lipinski definition) is 0. The molecule has 1 amide bonds. The van der Waals surface area contributed by atoms with E-state index in [1.165, 1.54) is 0 Å². The maximum Gasteiger partial charge on any atom is 0.226 e. The molecule has 0 aromatic rings. The van der Waals surface area contributed by atoms with E-state index in [2.05, 4.69) is 13.8 Å². The summed E-state index contributed by atoms with van der Waals surface area (Å²) in [5, 5.41) is 0. The molecule has 0 saturated heterocycles. The smallest absolute Gasteiger partial charge is 0.226 e. The van der Waals surface area contributed by atoms with Crippen LogP contribution in [0, 0.1) is 5.92 Å². The van der Waals surface area contributed by atoms with Crippen LogP contribution in [0.15, 0.2) is 0 Å². The van der Waals surface area contributed by atoms with Crippen LogP contribution >= 0.6 is 11.6 Å². The van der Waals surface area contributed by atoms with Crippen LogP contribution in [0.3, 0.4) is 0 Å². The zero-order chi connectivity index (χ0) is 10.4. The summed E-state index contributed by atoms with van der Waals surface area (Å²) < 4.78 is 0. The SMILES string of the molecule is CCCC(C)N(C)C(=O)C(C)CCl. The first-order valence-electron chi connectivity index (χ1n) is 4.87.